The molecule has 0 amide bonds. The van der Waals surface area contributed by atoms with Crippen LogP contribution in [0.3, 0.4) is 0 Å². The van der Waals surface area contributed by atoms with Crippen LogP contribution in [0.5, 0.6) is 0 Å². The zero-order valence-corrected chi connectivity index (χ0v) is 9.72. The molecular weight excluding hydrogens is 202 g/mol. The number of rotatable bonds is 2. The second kappa shape index (κ2) is 5.32. The Hall–Kier alpha value is -1.06. The van der Waals surface area contributed by atoms with E-state index in [-0.39, 0.29) is 0 Å². The fourth-order valence-corrected chi connectivity index (χ4v) is 2.12. The number of hydrogen-bond donors (Lipinski definition) is 1. The van der Waals surface area contributed by atoms with E-state index in [0.29, 0.717) is 0 Å². The summed E-state index contributed by atoms with van der Waals surface area (Å²) in [5, 5.41) is 9.75. The van der Waals surface area contributed by atoms with Gasteiger partial charge in [-0.2, -0.15) is 0 Å². The molecule has 3 nitrogen and oxygen atoms in total. The highest BCUT2D eigenvalue weighted by atomic mass is 16.5. The fraction of sp³-hybridized carbons (Fsp3) is 0.538. The molecule has 1 N–H and O–H groups in total. The van der Waals surface area contributed by atoms with Gasteiger partial charge in [0.2, 0.25) is 0 Å². The van der Waals surface area contributed by atoms with Gasteiger partial charge in [-0.1, -0.05) is 18.2 Å². The van der Waals surface area contributed by atoms with E-state index in [2.05, 4.69) is 11.0 Å². The normalized spacial score (nSPS) is 19.2. The maximum atomic E-state index is 9.75. The molecule has 1 aliphatic rings. The van der Waals surface area contributed by atoms with Gasteiger partial charge < -0.3 is 14.7 Å². The molecule has 0 saturated carbocycles. The zero-order valence-electron chi connectivity index (χ0n) is 9.72. The van der Waals surface area contributed by atoms with E-state index in [1.54, 1.807) is 0 Å². The van der Waals surface area contributed by atoms with Gasteiger partial charge in [0, 0.05) is 30.9 Å². The van der Waals surface area contributed by atoms with Gasteiger partial charge in [-0.15, -0.1) is 0 Å². The molecule has 1 saturated heterocycles. The first-order valence-electron chi connectivity index (χ1n) is 5.88. The van der Waals surface area contributed by atoms with Gasteiger partial charge in [0.1, 0.15) is 0 Å². The lowest BCUT2D eigenvalue weighted by molar-refractivity contribution is 0.152. The summed E-state index contributed by atoms with van der Waals surface area (Å²) < 4.78 is 5.44. The number of ether oxygens (including phenoxy) is 1. The van der Waals surface area contributed by atoms with Crippen molar-refractivity contribution in [2.75, 3.05) is 31.2 Å². The summed E-state index contributed by atoms with van der Waals surface area (Å²) in [5.74, 6) is 0. The summed E-state index contributed by atoms with van der Waals surface area (Å²) in [6.45, 7) is 5.34. The maximum absolute atomic E-state index is 9.75. The third-order valence-electron chi connectivity index (χ3n) is 2.95. The molecule has 0 aromatic heterocycles. The maximum Gasteiger partial charge on any atom is 0.0781 e. The van der Waals surface area contributed by atoms with Crippen molar-refractivity contribution in [3.63, 3.8) is 0 Å². The lowest BCUT2D eigenvalue weighted by Crippen LogP contribution is -2.27. The number of benzene rings is 1. The Kier molecular flexibility index (Phi) is 3.80. The summed E-state index contributed by atoms with van der Waals surface area (Å²) in [5.41, 5.74) is 2.15. The molecule has 3 heteroatoms. The second-order valence-electron chi connectivity index (χ2n) is 4.19. The van der Waals surface area contributed by atoms with Gasteiger partial charge in [-0.25, -0.2) is 0 Å². The first-order chi connectivity index (χ1) is 7.79. The van der Waals surface area contributed by atoms with Crippen LogP contribution in [-0.4, -0.2) is 31.4 Å². The summed E-state index contributed by atoms with van der Waals surface area (Å²) in [7, 11) is 0. The molecule has 1 atom stereocenters. The highest BCUT2D eigenvalue weighted by Crippen LogP contribution is 2.26. The minimum Gasteiger partial charge on any atom is -0.389 e. The summed E-state index contributed by atoms with van der Waals surface area (Å²) in [6, 6.07) is 8.06. The molecule has 0 unspecified atom stereocenters. The molecule has 1 aliphatic heterocycles. The highest BCUT2D eigenvalue weighted by Gasteiger charge is 2.15. The van der Waals surface area contributed by atoms with Crippen LogP contribution in [-0.2, 0) is 4.74 Å². The van der Waals surface area contributed by atoms with Crippen molar-refractivity contribution in [3.05, 3.63) is 29.8 Å². The molecular formula is C13H19NO2. The van der Waals surface area contributed by atoms with Crippen LogP contribution in [0, 0.1) is 0 Å². The van der Waals surface area contributed by atoms with Gasteiger partial charge >= 0.3 is 0 Å². The van der Waals surface area contributed by atoms with Crippen molar-refractivity contribution < 1.29 is 9.84 Å². The van der Waals surface area contributed by atoms with Crippen molar-refractivity contribution in [3.8, 4) is 0 Å². The van der Waals surface area contributed by atoms with Gasteiger partial charge in [-0.3, -0.25) is 0 Å². The molecule has 16 heavy (non-hydrogen) atoms. The summed E-state index contributed by atoms with van der Waals surface area (Å²) in [6.07, 6.45) is 0.633. The third kappa shape index (κ3) is 2.54. The first-order valence-corrected chi connectivity index (χ1v) is 5.88. The number of para-hydroxylation sites is 1. The minimum absolute atomic E-state index is 0.416. The van der Waals surface area contributed by atoms with Crippen LogP contribution in [0.4, 0.5) is 5.69 Å². The van der Waals surface area contributed by atoms with E-state index in [0.717, 1.165) is 44.0 Å². The van der Waals surface area contributed by atoms with Crippen molar-refractivity contribution in [2.24, 2.45) is 0 Å². The van der Waals surface area contributed by atoms with Crippen molar-refractivity contribution in [2.45, 2.75) is 19.4 Å². The Labute approximate surface area is 96.6 Å². The summed E-state index contributed by atoms with van der Waals surface area (Å²) >= 11 is 0. The Balaban J connectivity index is 2.23. The molecule has 1 aromatic carbocycles. The Bertz CT molecular complexity index is 330. The van der Waals surface area contributed by atoms with Crippen molar-refractivity contribution >= 4 is 5.69 Å². The van der Waals surface area contributed by atoms with Crippen LogP contribution in [0.1, 0.15) is 25.0 Å². The predicted octanol–water partition coefficient (Wildman–Crippen LogP) is 1.97. The monoisotopic (exact) mass is 221 g/mol. The summed E-state index contributed by atoms with van der Waals surface area (Å²) in [4.78, 5) is 2.30. The fourth-order valence-electron chi connectivity index (χ4n) is 2.12. The Morgan fingerprint density at radius 1 is 1.25 bits per heavy atom. The predicted molar refractivity (Wildman–Crippen MR) is 64.7 cm³/mol. The van der Waals surface area contributed by atoms with Gasteiger partial charge in [0.05, 0.1) is 12.7 Å². The number of aliphatic hydroxyl groups is 1. The van der Waals surface area contributed by atoms with Crippen LogP contribution in [0.2, 0.25) is 0 Å². The average Bonchev–Trinajstić information content (AvgIpc) is 2.57. The average molecular weight is 221 g/mol. The van der Waals surface area contributed by atoms with E-state index in [1.165, 1.54) is 0 Å². The van der Waals surface area contributed by atoms with Crippen LogP contribution < -0.4 is 4.90 Å². The zero-order chi connectivity index (χ0) is 11.4. The lowest BCUT2D eigenvalue weighted by atomic mass is 10.1. The van der Waals surface area contributed by atoms with E-state index < -0.39 is 6.10 Å². The van der Waals surface area contributed by atoms with Gasteiger partial charge in [0.25, 0.3) is 0 Å². The number of aliphatic hydroxyl groups excluding tert-OH is 1. The molecule has 0 aliphatic carbocycles. The largest absolute Gasteiger partial charge is 0.389 e. The van der Waals surface area contributed by atoms with Crippen LogP contribution >= 0.6 is 0 Å². The standard InChI is InChI=1S/C13H19NO2/c1-11(15)12-5-2-3-6-13(12)14-7-4-9-16-10-8-14/h2-3,5-6,11,15H,4,7-10H2,1H3/t11-/m1/s1. The van der Waals surface area contributed by atoms with Gasteiger partial charge in [0.15, 0.2) is 0 Å². The Morgan fingerprint density at radius 2 is 2.06 bits per heavy atom. The molecule has 0 spiro atoms. The molecule has 0 radical (unpaired) electrons. The van der Waals surface area contributed by atoms with Crippen LogP contribution in [0.15, 0.2) is 24.3 Å². The van der Waals surface area contributed by atoms with E-state index in [1.807, 2.05) is 25.1 Å². The molecule has 1 fully saturated rings. The number of anilines is 1. The Morgan fingerprint density at radius 3 is 2.88 bits per heavy atom. The highest BCUT2D eigenvalue weighted by molar-refractivity contribution is 5.54. The number of hydrogen-bond acceptors (Lipinski definition) is 3. The topological polar surface area (TPSA) is 32.7 Å². The van der Waals surface area contributed by atoms with E-state index in [9.17, 15) is 5.11 Å². The minimum atomic E-state index is -0.416. The number of nitrogens with zero attached hydrogens (tertiary/aromatic N) is 1. The quantitative estimate of drug-likeness (QED) is 0.828. The van der Waals surface area contributed by atoms with E-state index in [4.69, 9.17) is 4.74 Å². The first kappa shape index (κ1) is 11.4. The SMILES string of the molecule is C[C@@H](O)c1ccccc1N1CCCOCC1. The third-order valence-corrected chi connectivity index (χ3v) is 2.95. The smallest absolute Gasteiger partial charge is 0.0781 e. The van der Waals surface area contributed by atoms with Gasteiger partial charge in [-0.05, 0) is 19.4 Å². The van der Waals surface area contributed by atoms with Crippen LogP contribution in [0.25, 0.3) is 0 Å². The second-order valence-corrected chi connectivity index (χ2v) is 4.19. The molecule has 1 heterocycles. The van der Waals surface area contributed by atoms with Crippen molar-refractivity contribution in [1.82, 2.24) is 0 Å². The molecule has 0 bridgehead atoms. The van der Waals surface area contributed by atoms with E-state index >= 15 is 0 Å². The molecule has 1 aromatic rings. The molecule has 88 valence electrons. The van der Waals surface area contributed by atoms with Crippen molar-refractivity contribution in [1.29, 1.82) is 0 Å². The molecule has 2 rings (SSSR count). The lowest BCUT2D eigenvalue weighted by Gasteiger charge is -2.25.